The number of nitrogens with zero attached hydrogens (tertiary/aromatic N) is 2. The van der Waals surface area contributed by atoms with Crippen molar-refractivity contribution in [2.75, 3.05) is 39.3 Å². The second kappa shape index (κ2) is 7.62. The SMILES string of the molecule is Cl.O=C(CCC1CCC1)N1CCC(N2CCNCC2)C1. The first-order chi connectivity index (χ1) is 9.33. The Labute approximate surface area is 128 Å². The van der Waals surface area contributed by atoms with Gasteiger partial charge in [0, 0.05) is 51.7 Å². The highest BCUT2D eigenvalue weighted by atomic mass is 35.5. The third kappa shape index (κ3) is 3.86. The number of likely N-dealkylation sites (tertiary alicyclic amines) is 1. The summed E-state index contributed by atoms with van der Waals surface area (Å²) >= 11 is 0. The number of halogens is 1. The molecule has 0 aromatic carbocycles. The summed E-state index contributed by atoms with van der Waals surface area (Å²) < 4.78 is 0. The van der Waals surface area contributed by atoms with E-state index >= 15 is 0 Å². The highest BCUT2D eigenvalue weighted by molar-refractivity contribution is 5.85. The zero-order chi connectivity index (χ0) is 13.1. The number of rotatable bonds is 4. The molecule has 2 aliphatic heterocycles. The molecule has 3 fully saturated rings. The fourth-order valence-corrected chi connectivity index (χ4v) is 3.58. The Morgan fingerprint density at radius 2 is 1.85 bits per heavy atom. The molecule has 2 heterocycles. The summed E-state index contributed by atoms with van der Waals surface area (Å²) in [4.78, 5) is 16.9. The molecule has 116 valence electrons. The maximum Gasteiger partial charge on any atom is 0.222 e. The smallest absolute Gasteiger partial charge is 0.222 e. The molecule has 1 amide bonds. The van der Waals surface area contributed by atoms with Gasteiger partial charge in [-0.3, -0.25) is 9.69 Å². The summed E-state index contributed by atoms with van der Waals surface area (Å²) in [5.41, 5.74) is 0. The molecule has 3 aliphatic rings. The van der Waals surface area contributed by atoms with E-state index in [1.54, 1.807) is 0 Å². The number of carbonyl (C=O) groups excluding carboxylic acids is 1. The topological polar surface area (TPSA) is 35.6 Å². The lowest BCUT2D eigenvalue weighted by Crippen LogP contribution is -2.49. The van der Waals surface area contributed by atoms with Crippen LogP contribution >= 0.6 is 12.4 Å². The summed E-state index contributed by atoms with van der Waals surface area (Å²) in [7, 11) is 0. The molecule has 0 aromatic rings. The number of amides is 1. The van der Waals surface area contributed by atoms with Crippen LogP contribution in [-0.2, 0) is 4.79 Å². The Morgan fingerprint density at radius 1 is 1.10 bits per heavy atom. The van der Waals surface area contributed by atoms with Crippen molar-refractivity contribution in [3.05, 3.63) is 0 Å². The van der Waals surface area contributed by atoms with Gasteiger partial charge >= 0.3 is 0 Å². The average Bonchev–Trinajstić information content (AvgIpc) is 2.87. The molecule has 20 heavy (non-hydrogen) atoms. The minimum atomic E-state index is 0. The van der Waals surface area contributed by atoms with E-state index in [1.807, 2.05) is 0 Å². The van der Waals surface area contributed by atoms with Gasteiger partial charge in [-0.25, -0.2) is 0 Å². The van der Waals surface area contributed by atoms with Gasteiger partial charge < -0.3 is 10.2 Å². The number of nitrogens with one attached hydrogen (secondary N) is 1. The first-order valence-electron chi connectivity index (χ1n) is 8.05. The van der Waals surface area contributed by atoms with Crippen molar-refractivity contribution in [1.29, 1.82) is 0 Å². The summed E-state index contributed by atoms with van der Waals surface area (Å²) in [6, 6.07) is 0.620. The highest BCUT2D eigenvalue weighted by Crippen LogP contribution is 2.30. The summed E-state index contributed by atoms with van der Waals surface area (Å²) in [6.07, 6.45) is 7.20. The van der Waals surface area contributed by atoms with Crippen molar-refractivity contribution >= 4 is 18.3 Å². The van der Waals surface area contributed by atoms with Crippen LogP contribution in [0.3, 0.4) is 0 Å². The van der Waals surface area contributed by atoms with Crippen LogP contribution in [0.2, 0.25) is 0 Å². The second-order valence-corrected chi connectivity index (χ2v) is 6.40. The van der Waals surface area contributed by atoms with Gasteiger partial charge in [-0.15, -0.1) is 12.4 Å². The lowest BCUT2D eigenvalue weighted by atomic mass is 9.82. The third-order valence-electron chi connectivity index (χ3n) is 5.18. The van der Waals surface area contributed by atoms with E-state index in [1.165, 1.54) is 25.7 Å². The first kappa shape index (κ1) is 16.1. The van der Waals surface area contributed by atoms with Crippen LogP contribution < -0.4 is 5.32 Å². The fourth-order valence-electron chi connectivity index (χ4n) is 3.58. The summed E-state index contributed by atoms with van der Waals surface area (Å²) in [5, 5.41) is 3.40. The molecule has 0 spiro atoms. The molecule has 3 rings (SSSR count). The zero-order valence-corrected chi connectivity index (χ0v) is 13.2. The number of carbonyl (C=O) groups is 1. The van der Waals surface area contributed by atoms with Crippen molar-refractivity contribution in [3.63, 3.8) is 0 Å². The van der Waals surface area contributed by atoms with Crippen molar-refractivity contribution in [2.24, 2.45) is 5.92 Å². The molecule has 2 saturated heterocycles. The van der Waals surface area contributed by atoms with E-state index in [-0.39, 0.29) is 12.4 Å². The normalized spacial score (nSPS) is 28.0. The van der Waals surface area contributed by atoms with Crippen LogP contribution in [0.1, 0.15) is 38.5 Å². The van der Waals surface area contributed by atoms with E-state index in [2.05, 4.69) is 15.1 Å². The van der Waals surface area contributed by atoms with E-state index in [0.29, 0.717) is 11.9 Å². The van der Waals surface area contributed by atoms with E-state index in [0.717, 1.165) is 58.0 Å². The largest absolute Gasteiger partial charge is 0.341 e. The molecular formula is C15H28ClN3O. The molecule has 5 heteroatoms. The average molecular weight is 302 g/mol. The van der Waals surface area contributed by atoms with Gasteiger partial charge in [0.05, 0.1) is 0 Å². The monoisotopic (exact) mass is 301 g/mol. The Bertz CT molecular complexity index is 316. The van der Waals surface area contributed by atoms with E-state index in [9.17, 15) is 4.79 Å². The van der Waals surface area contributed by atoms with Crippen LogP contribution in [0.5, 0.6) is 0 Å². The first-order valence-corrected chi connectivity index (χ1v) is 8.05. The minimum absolute atomic E-state index is 0. The van der Waals surface area contributed by atoms with Crippen LogP contribution in [-0.4, -0.2) is 61.0 Å². The Hall–Kier alpha value is -0.320. The van der Waals surface area contributed by atoms with Gasteiger partial charge in [0.25, 0.3) is 0 Å². The predicted molar refractivity (Wildman–Crippen MR) is 83.3 cm³/mol. The Kier molecular flexibility index (Phi) is 6.12. The molecule has 0 bridgehead atoms. The van der Waals surface area contributed by atoms with Crippen LogP contribution in [0.15, 0.2) is 0 Å². The van der Waals surface area contributed by atoms with Crippen molar-refractivity contribution in [1.82, 2.24) is 15.1 Å². The van der Waals surface area contributed by atoms with Gasteiger partial charge in [0.2, 0.25) is 5.91 Å². The molecule has 4 nitrogen and oxygen atoms in total. The molecule has 0 radical (unpaired) electrons. The van der Waals surface area contributed by atoms with Gasteiger partial charge in [-0.05, 0) is 18.8 Å². The fraction of sp³-hybridized carbons (Fsp3) is 0.933. The molecule has 1 saturated carbocycles. The maximum absolute atomic E-state index is 12.2. The molecule has 1 atom stereocenters. The molecular weight excluding hydrogens is 274 g/mol. The molecule has 1 N–H and O–H groups in total. The standard InChI is InChI=1S/C15H27N3O.ClH/c19-15(5-4-13-2-1-3-13)18-9-6-14(12-18)17-10-7-16-8-11-17;/h13-14,16H,1-12H2;1H. The number of hydrogen-bond donors (Lipinski definition) is 1. The molecule has 1 unspecified atom stereocenters. The molecule has 0 aromatic heterocycles. The van der Waals surface area contributed by atoms with Crippen LogP contribution in [0.4, 0.5) is 0 Å². The van der Waals surface area contributed by atoms with Gasteiger partial charge in [-0.2, -0.15) is 0 Å². The van der Waals surface area contributed by atoms with E-state index < -0.39 is 0 Å². The maximum atomic E-state index is 12.2. The third-order valence-corrected chi connectivity index (χ3v) is 5.18. The van der Waals surface area contributed by atoms with Crippen molar-refractivity contribution in [2.45, 2.75) is 44.6 Å². The number of piperazine rings is 1. The van der Waals surface area contributed by atoms with Crippen molar-refractivity contribution in [3.8, 4) is 0 Å². The van der Waals surface area contributed by atoms with Gasteiger partial charge in [-0.1, -0.05) is 19.3 Å². The second-order valence-electron chi connectivity index (χ2n) is 6.40. The summed E-state index contributed by atoms with van der Waals surface area (Å²) in [6.45, 7) is 6.46. The number of hydrogen-bond acceptors (Lipinski definition) is 3. The highest BCUT2D eigenvalue weighted by Gasteiger charge is 2.31. The minimum Gasteiger partial charge on any atom is -0.341 e. The predicted octanol–water partition coefficient (Wildman–Crippen LogP) is 1.49. The zero-order valence-electron chi connectivity index (χ0n) is 12.4. The van der Waals surface area contributed by atoms with Crippen LogP contribution in [0.25, 0.3) is 0 Å². The Balaban J connectivity index is 0.00000147. The lowest BCUT2D eigenvalue weighted by molar-refractivity contribution is -0.130. The van der Waals surface area contributed by atoms with E-state index in [4.69, 9.17) is 0 Å². The van der Waals surface area contributed by atoms with Crippen LogP contribution in [0, 0.1) is 5.92 Å². The lowest BCUT2D eigenvalue weighted by Gasteiger charge is -2.32. The Morgan fingerprint density at radius 3 is 2.50 bits per heavy atom. The quantitative estimate of drug-likeness (QED) is 0.855. The molecule has 1 aliphatic carbocycles. The van der Waals surface area contributed by atoms with Crippen molar-refractivity contribution < 1.29 is 4.79 Å². The van der Waals surface area contributed by atoms with Gasteiger partial charge in [0.1, 0.15) is 0 Å². The van der Waals surface area contributed by atoms with Gasteiger partial charge in [0.15, 0.2) is 0 Å². The summed E-state index contributed by atoms with van der Waals surface area (Å²) in [5.74, 6) is 1.26.